The molecule has 0 unspecified atom stereocenters. The summed E-state index contributed by atoms with van der Waals surface area (Å²) in [5.74, 6) is -0.205. The molecule has 1 amide bonds. The van der Waals surface area contributed by atoms with Gasteiger partial charge in [0.25, 0.3) is 0 Å². The lowest BCUT2D eigenvalue weighted by Gasteiger charge is -2.21. The van der Waals surface area contributed by atoms with Crippen LogP contribution in [0.1, 0.15) is 29.6 Å². The van der Waals surface area contributed by atoms with Crippen molar-refractivity contribution in [2.45, 2.75) is 19.3 Å². The number of carboxylic acid groups (broad SMARTS) is 1. The highest BCUT2D eigenvalue weighted by Crippen LogP contribution is 2.16. The molecule has 6 heteroatoms. The molecule has 1 aromatic rings. The SMILES string of the molecule is O=C(C[C@@H]1CCCOC1)NCCOc1cccc(C(=O)O)c1. The van der Waals surface area contributed by atoms with Crippen LogP contribution in [0.15, 0.2) is 24.3 Å². The molecular weight excluding hydrogens is 286 g/mol. The van der Waals surface area contributed by atoms with Crippen molar-refractivity contribution >= 4 is 11.9 Å². The lowest BCUT2D eigenvalue weighted by Crippen LogP contribution is -2.31. The Morgan fingerprint density at radius 3 is 3.00 bits per heavy atom. The molecule has 22 heavy (non-hydrogen) atoms. The zero-order chi connectivity index (χ0) is 15.8. The van der Waals surface area contributed by atoms with Gasteiger partial charge in [-0.1, -0.05) is 6.07 Å². The molecular formula is C16H21NO5. The Hall–Kier alpha value is -2.08. The average molecular weight is 307 g/mol. The Morgan fingerprint density at radius 2 is 2.27 bits per heavy atom. The first-order chi connectivity index (χ1) is 10.6. The monoisotopic (exact) mass is 307 g/mol. The van der Waals surface area contributed by atoms with Crippen LogP contribution in [0.25, 0.3) is 0 Å². The minimum absolute atomic E-state index is 0.00149. The number of rotatable bonds is 7. The Balaban J connectivity index is 1.65. The highest BCUT2D eigenvalue weighted by atomic mass is 16.5. The van der Waals surface area contributed by atoms with Crippen LogP contribution in [0.5, 0.6) is 5.75 Å². The van der Waals surface area contributed by atoms with Gasteiger partial charge in [-0.25, -0.2) is 4.79 Å². The summed E-state index contributed by atoms with van der Waals surface area (Å²) in [5, 5.41) is 11.7. The van der Waals surface area contributed by atoms with Crippen LogP contribution in [-0.2, 0) is 9.53 Å². The van der Waals surface area contributed by atoms with Crippen LogP contribution in [0.4, 0.5) is 0 Å². The first-order valence-electron chi connectivity index (χ1n) is 7.46. The van der Waals surface area contributed by atoms with E-state index in [0.717, 1.165) is 19.4 Å². The molecule has 6 nitrogen and oxygen atoms in total. The Kier molecular flexibility index (Phi) is 6.21. The first-order valence-corrected chi connectivity index (χ1v) is 7.46. The van der Waals surface area contributed by atoms with Crippen molar-refractivity contribution in [3.63, 3.8) is 0 Å². The normalized spacial score (nSPS) is 17.7. The van der Waals surface area contributed by atoms with Crippen molar-refractivity contribution in [2.24, 2.45) is 5.92 Å². The van der Waals surface area contributed by atoms with Crippen molar-refractivity contribution in [1.82, 2.24) is 5.32 Å². The fourth-order valence-electron chi connectivity index (χ4n) is 2.38. The molecule has 0 saturated carbocycles. The molecule has 0 aromatic heterocycles. The summed E-state index contributed by atoms with van der Waals surface area (Å²) in [4.78, 5) is 22.6. The van der Waals surface area contributed by atoms with Gasteiger partial charge in [0, 0.05) is 19.6 Å². The predicted molar refractivity (Wildman–Crippen MR) is 80.1 cm³/mol. The zero-order valence-corrected chi connectivity index (χ0v) is 12.4. The largest absolute Gasteiger partial charge is 0.492 e. The fraction of sp³-hybridized carbons (Fsp3) is 0.500. The van der Waals surface area contributed by atoms with E-state index < -0.39 is 5.97 Å². The van der Waals surface area contributed by atoms with Crippen LogP contribution in [-0.4, -0.2) is 43.3 Å². The minimum Gasteiger partial charge on any atom is -0.492 e. The third-order valence-electron chi connectivity index (χ3n) is 3.50. The van der Waals surface area contributed by atoms with Crippen molar-refractivity contribution in [3.8, 4) is 5.75 Å². The molecule has 1 aliphatic rings. The summed E-state index contributed by atoms with van der Waals surface area (Å²) in [6.45, 7) is 2.15. The van der Waals surface area contributed by atoms with Crippen LogP contribution in [0, 0.1) is 5.92 Å². The van der Waals surface area contributed by atoms with Gasteiger partial charge in [0.1, 0.15) is 12.4 Å². The van der Waals surface area contributed by atoms with Gasteiger partial charge in [-0.2, -0.15) is 0 Å². The van der Waals surface area contributed by atoms with Crippen LogP contribution in [0.3, 0.4) is 0 Å². The van der Waals surface area contributed by atoms with E-state index in [1.165, 1.54) is 12.1 Å². The van der Waals surface area contributed by atoms with Crippen molar-refractivity contribution in [3.05, 3.63) is 29.8 Å². The van der Waals surface area contributed by atoms with E-state index in [-0.39, 0.29) is 11.5 Å². The van der Waals surface area contributed by atoms with Gasteiger partial charge in [0.05, 0.1) is 12.1 Å². The number of carbonyl (C=O) groups is 2. The summed E-state index contributed by atoms with van der Waals surface area (Å²) in [5.41, 5.74) is 0.179. The Labute approximate surface area is 129 Å². The van der Waals surface area contributed by atoms with Gasteiger partial charge in [-0.05, 0) is 37.0 Å². The maximum absolute atomic E-state index is 11.8. The number of carboxylic acids is 1. The summed E-state index contributed by atoms with van der Waals surface area (Å²) >= 11 is 0. The number of ether oxygens (including phenoxy) is 2. The van der Waals surface area contributed by atoms with Crippen LogP contribution >= 0.6 is 0 Å². The summed E-state index contributed by atoms with van der Waals surface area (Å²) in [7, 11) is 0. The average Bonchev–Trinajstić information content (AvgIpc) is 2.53. The van der Waals surface area contributed by atoms with E-state index in [1.54, 1.807) is 12.1 Å². The summed E-state index contributed by atoms with van der Waals surface area (Å²) < 4.78 is 10.8. The topological polar surface area (TPSA) is 84.9 Å². The van der Waals surface area contributed by atoms with E-state index in [0.29, 0.717) is 37.8 Å². The van der Waals surface area contributed by atoms with E-state index in [4.69, 9.17) is 14.6 Å². The van der Waals surface area contributed by atoms with Gasteiger partial charge >= 0.3 is 5.97 Å². The first kappa shape index (κ1) is 16.3. The number of carbonyl (C=O) groups excluding carboxylic acids is 1. The third kappa shape index (κ3) is 5.37. The number of benzene rings is 1. The van der Waals surface area contributed by atoms with Gasteiger partial charge in [-0.3, -0.25) is 4.79 Å². The van der Waals surface area contributed by atoms with Crippen LogP contribution in [0.2, 0.25) is 0 Å². The Morgan fingerprint density at radius 1 is 1.41 bits per heavy atom. The third-order valence-corrected chi connectivity index (χ3v) is 3.50. The molecule has 0 radical (unpaired) electrons. The molecule has 0 spiro atoms. The van der Waals surface area contributed by atoms with E-state index in [9.17, 15) is 9.59 Å². The van der Waals surface area contributed by atoms with Gasteiger partial charge in [0.2, 0.25) is 5.91 Å². The van der Waals surface area contributed by atoms with E-state index in [1.807, 2.05) is 0 Å². The molecule has 1 saturated heterocycles. The number of nitrogens with one attached hydrogen (secondary N) is 1. The molecule has 1 atom stereocenters. The van der Waals surface area contributed by atoms with Crippen LogP contribution < -0.4 is 10.1 Å². The molecule has 2 N–H and O–H groups in total. The van der Waals surface area contributed by atoms with E-state index >= 15 is 0 Å². The second kappa shape index (κ2) is 8.38. The number of hydrogen-bond donors (Lipinski definition) is 2. The number of amides is 1. The highest BCUT2D eigenvalue weighted by Gasteiger charge is 2.17. The van der Waals surface area contributed by atoms with Gasteiger partial charge in [-0.15, -0.1) is 0 Å². The summed E-state index contributed by atoms with van der Waals surface area (Å²) in [6.07, 6.45) is 2.53. The molecule has 1 fully saturated rings. The maximum atomic E-state index is 11.8. The maximum Gasteiger partial charge on any atom is 0.335 e. The second-order valence-electron chi connectivity index (χ2n) is 5.32. The molecule has 120 valence electrons. The molecule has 0 bridgehead atoms. The second-order valence-corrected chi connectivity index (χ2v) is 5.32. The van der Waals surface area contributed by atoms with Crippen molar-refractivity contribution < 1.29 is 24.2 Å². The minimum atomic E-state index is -0.992. The molecule has 1 aliphatic heterocycles. The van der Waals surface area contributed by atoms with Crippen molar-refractivity contribution in [1.29, 1.82) is 0 Å². The lowest BCUT2D eigenvalue weighted by atomic mass is 9.98. The van der Waals surface area contributed by atoms with Gasteiger partial charge < -0.3 is 19.9 Å². The number of hydrogen-bond acceptors (Lipinski definition) is 4. The van der Waals surface area contributed by atoms with Gasteiger partial charge in [0.15, 0.2) is 0 Å². The molecule has 1 heterocycles. The number of aromatic carboxylic acids is 1. The standard InChI is InChI=1S/C16H21NO5/c18-15(9-12-3-2-7-21-11-12)17-6-8-22-14-5-1-4-13(10-14)16(19)20/h1,4-5,10,12H,2-3,6-9,11H2,(H,17,18)(H,19,20)/t12-/m0/s1. The smallest absolute Gasteiger partial charge is 0.335 e. The van der Waals surface area contributed by atoms with E-state index in [2.05, 4.69) is 5.32 Å². The molecule has 1 aromatic carbocycles. The lowest BCUT2D eigenvalue weighted by molar-refractivity contribution is -0.123. The predicted octanol–water partition coefficient (Wildman–Crippen LogP) is 1.70. The molecule has 0 aliphatic carbocycles. The molecule has 2 rings (SSSR count). The quantitative estimate of drug-likeness (QED) is 0.749. The zero-order valence-electron chi connectivity index (χ0n) is 12.4. The summed E-state index contributed by atoms with van der Waals surface area (Å²) in [6, 6.07) is 6.28. The fourth-order valence-corrected chi connectivity index (χ4v) is 2.38. The Bertz CT molecular complexity index is 511. The van der Waals surface area contributed by atoms with Crippen molar-refractivity contribution in [2.75, 3.05) is 26.4 Å². The highest BCUT2D eigenvalue weighted by molar-refractivity contribution is 5.88.